The third kappa shape index (κ3) is 2.41. The molecule has 1 saturated carbocycles. The molecule has 3 saturated heterocycles. The van der Waals surface area contributed by atoms with Crippen LogP contribution in [0.25, 0.3) is 0 Å². The van der Waals surface area contributed by atoms with Crippen LogP contribution in [0.4, 0.5) is 0 Å². The summed E-state index contributed by atoms with van der Waals surface area (Å²) in [5.74, 6) is 0.969. The number of rotatable bonds is 5. The van der Waals surface area contributed by atoms with Gasteiger partial charge in [-0.25, -0.2) is 0 Å². The summed E-state index contributed by atoms with van der Waals surface area (Å²) < 4.78 is 0. The van der Waals surface area contributed by atoms with Gasteiger partial charge in [0.15, 0.2) is 0 Å². The summed E-state index contributed by atoms with van der Waals surface area (Å²) >= 11 is 0. The zero-order valence-electron chi connectivity index (χ0n) is 10.5. The van der Waals surface area contributed by atoms with E-state index < -0.39 is 0 Å². The Labute approximate surface area is 99.2 Å². The maximum atomic E-state index is 3.78. The Morgan fingerprint density at radius 2 is 1.94 bits per heavy atom. The van der Waals surface area contributed by atoms with Crippen LogP contribution in [0.2, 0.25) is 0 Å². The molecule has 3 nitrogen and oxygen atoms in total. The Hall–Kier alpha value is -0.120. The number of likely N-dealkylation sites (N-methyl/N-ethyl adjacent to an activating group) is 1. The van der Waals surface area contributed by atoms with Crippen molar-refractivity contribution in [3.05, 3.63) is 0 Å². The molecule has 0 aromatic rings. The zero-order chi connectivity index (χ0) is 11.0. The van der Waals surface area contributed by atoms with E-state index >= 15 is 0 Å². The number of fused-ring (bicyclic) bond motifs is 3. The Kier molecular flexibility index (Phi) is 3.18. The van der Waals surface area contributed by atoms with Crippen molar-refractivity contribution in [2.45, 2.75) is 37.8 Å². The molecular weight excluding hydrogens is 198 g/mol. The van der Waals surface area contributed by atoms with Crippen LogP contribution in [-0.4, -0.2) is 61.7 Å². The molecule has 0 aromatic heterocycles. The summed E-state index contributed by atoms with van der Waals surface area (Å²) in [7, 11) is 2.27. The lowest BCUT2D eigenvalue weighted by molar-refractivity contribution is 0.0717. The summed E-state index contributed by atoms with van der Waals surface area (Å²) in [6.07, 6.45) is 5.71. The van der Waals surface area contributed by atoms with E-state index in [4.69, 9.17) is 0 Å². The largest absolute Gasteiger partial charge is 0.311 e. The third-order valence-corrected chi connectivity index (χ3v) is 4.70. The molecular formula is C13H25N3. The molecule has 2 bridgehead atoms. The minimum absolute atomic E-state index is 0.787. The maximum absolute atomic E-state index is 3.78. The fraction of sp³-hybridized carbons (Fsp3) is 1.00. The van der Waals surface area contributed by atoms with Gasteiger partial charge in [-0.05, 0) is 51.7 Å². The van der Waals surface area contributed by atoms with Crippen LogP contribution in [0, 0.1) is 5.92 Å². The van der Waals surface area contributed by atoms with Crippen LogP contribution in [-0.2, 0) is 0 Å². The smallest absolute Gasteiger partial charge is 0.0224 e. The second-order valence-electron chi connectivity index (χ2n) is 5.91. The molecule has 92 valence electrons. The fourth-order valence-corrected chi connectivity index (χ4v) is 3.32. The second-order valence-corrected chi connectivity index (χ2v) is 5.91. The summed E-state index contributed by atoms with van der Waals surface area (Å²) in [5, 5.41) is 3.78. The van der Waals surface area contributed by atoms with E-state index in [1.54, 1.807) is 0 Å². The van der Waals surface area contributed by atoms with E-state index in [0.717, 1.165) is 18.0 Å². The molecule has 3 heterocycles. The van der Waals surface area contributed by atoms with E-state index in [1.165, 1.54) is 58.4 Å². The van der Waals surface area contributed by atoms with E-state index in [2.05, 4.69) is 22.2 Å². The van der Waals surface area contributed by atoms with Gasteiger partial charge in [-0.2, -0.15) is 0 Å². The van der Waals surface area contributed by atoms with Crippen LogP contribution in [0.3, 0.4) is 0 Å². The third-order valence-electron chi connectivity index (χ3n) is 4.70. The van der Waals surface area contributed by atoms with Gasteiger partial charge in [0.05, 0.1) is 0 Å². The molecule has 1 aliphatic carbocycles. The Balaban J connectivity index is 1.38. The average molecular weight is 223 g/mol. The highest BCUT2D eigenvalue weighted by Crippen LogP contribution is 2.27. The predicted molar refractivity (Wildman–Crippen MR) is 66.6 cm³/mol. The van der Waals surface area contributed by atoms with Crippen molar-refractivity contribution in [3.63, 3.8) is 0 Å². The Morgan fingerprint density at radius 3 is 2.50 bits per heavy atom. The van der Waals surface area contributed by atoms with Gasteiger partial charge in [-0.1, -0.05) is 0 Å². The van der Waals surface area contributed by atoms with Crippen LogP contribution < -0.4 is 5.32 Å². The molecule has 3 heteroatoms. The maximum Gasteiger partial charge on any atom is 0.0224 e. The lowest BCUT2D eigenvalue weighted by atomic mass is 9.84. The number of nitrogens with zero attached hydrogens (tertiary/aromatic N) is 2. The molecule has 0 spiro atoms. The van der Waals surface area contributed by atoms with Crippen molar-refractivity contribution in [2.24, 2.45) is 5.92 Å². The number of hydrogen-bond acceptors (Lipinski definition) is 3. The SMILES string of the molecule is CN(CCNC1CN2CCC1CC2)C1CC1. The normalized spacial score (nSPS) is 38.2. The predicted octanol–water partition coefficient (Wildman–Crippen LogP) is 0.764. The highest BCUT2D eigenvalue weighted by atomic mass is 15.2. The average Bonchev–Trinajstić information content (AvgIpc) is 3.14. The first-order chi connectivity index (χ1) is 7.83. The van der Waals surface area contributed by atoms with Gasteiger partial charge < -0.3 is 15.1 Å². The highest BCUT2D eigenvalue weighted by Gasteiger charge is 2.33. The molecule has 1 N–H and O–H groups in total. The van der Waals surface area contributed by atoms with Crippen molar-refractivity contribution in [2.75, 3.05) is 39.8 Å². The van der Waals surface area contributed by atoms with Gasteiger partial charge in [-0.3, -0.25) is 0 Å². The standard InChI is InChI=1S/C13H25N3/c1-15(12-2-3-12)9-6-14-13-10-16-7-4-11(13)5-8-16/h11-14H,2-10H2,1H3. The van der Waals surface area contributed by atoms with E-state index in [0.29, 0.717) is 0 Å². The zero-order valence-corrected chi connectivity index (χ0v) is 10.5. The molecule has 0 aromatic carbocycles. The van der Waals surface area contributed by atoms with Gasteiger partial charge in [-0.15, -0.1) is 0 Å². The second kappa shape index (κ2) is 4.63. The van der Waals surface area contributed by atoms with Crippen LogP contribution >= 0.6 is 0 Å². The molecule has 4 aliphatic rings. The molecule has 4 rings (SSSR count). The van der Waals surface area contributed by atoms with Gasteiger partial charge in [0.2, 0.25) is 0 Å². The number of piperidine rings is 3. The van der Waals surface area contributed by atoms with Crippen molar-refractivity contribution in [1.29, 1.82) is 0 Å². The molecule has 4 fully saturated rings. The quantitative estimate of drug-likeness (QED) is 0.742. The molecule has 16 heavy (non-hydrogen) atoms. The highest BCUT2D eigenvalue weighted by molar-refractivity contribution is 4.91. The molecule has 1 atom stereocenters. The van der Waals surface area contributed by atoms with Crippen molar-refractivity contribution < 1.29 is 0 Å². The first-order valence-electron chi connectivity index (χ1n) is 6.99. The minimum Gasteiger partial charge on any atom is -0.311 e. The van der Waals surface area contributed by atoms with Crippen LogP contribution in [0.1, 0.15) is 25.7 Å². The summed E-state index contributed by atoms with van der Waals surface area (Å²) in [6, 6.07) is 1.70. The summed E-state index contributed by atoms with van der Waals surface area (Å²) in [4.78, 5) is 5.15. The van der Waals surface area contributed by atoms with E-state index in [9.17, 15) is 0 Å². The molecule has 1 unspecified atom stereocenters. The van der Waals surface area contributed by atoms with E-state index in [1.807, 2.05) is 0 Å². The summed E-state index contributed by atoms with van der Waals surface area (Å²) in [5.41, 5.74) is 0. The topological polar surface area (TPSA) is 18.5 Å². The van der Waals surface area contributed by atoms with Gasteiger partial charge in [0.25, 0.3) is 0 Å². The Bertz CT molecular complexity index is 231. The van der Waals surface area contributed by atoms with Crippen molar-refractivity contribution in [3.8, 4) is 0 Å². The Morgan fingerprint density at radius 1 is 1.19 bits per heavy atom. The van der Waals surface area contributed by atoms with Gasteiger partial charge >= 0.3 is 0 Å². The lowest BCUT2D eigenvalue weighted by Gasteiger charge is -2.45. The number of nitrogens with one attached hydrogen (secondary N) is 1. The fourth-order valence-electron chi connectivity index (χ4n) is 3.32. The molecule has 0 amide bonds. The van der Waals surface area contributed by atoms with Gasteiger partial charge in [0, 0.05) is 31.7 Å². The first kappa shape index (κ1) is 11.0. The first-order valence-corrected chi connectivity index (χ1v) is 6.99. The molecule has 0 radical (unpaired) electrons. The van der Waals surface area contributed by atoms with Crippen LogP contribution in [0.5, 0.6) is 0 Å². The minimum atomic E-state index is 0.787. The number of hydrogen-bond donors (Lipinski definition) is 1. The summed E-state index contributed by atoms with van der Waals surface area (Å²) in [6.45, 7) is 6.42. The van der Waals surface area contributed by atoms with Crippen molar-refractivity contribution in [1.82, 2.24) is 15.1 Å². The van der Waals surface area contributed by atoms with Crippen LogP contribution in [0.15, 0.2) is 0 Å². The van der Waals surface area contributed by atoms with E-state index in [-0.39, 0.29) is 0 Å². The van der Waals surface area contributed by atoms with Crippen molar-refractivity contribution >= 4 is 0 Å². The monoisotopic (exact) mass is 223 g/mol. The van der Waals surface area contributed by atoms with Gasteiger partial charge in [0.1, 0.15) is 0 Å². The molecule has 3 aliphatic heterocycles. The lowest BCUT2D eigenvalue weighted by Crippen LogP contribution is -2.56.